The number of rotatable bonds is 4. The minimum absolute atomic E-state index is 0.0181. The molecule has 2 heterocycles. The van der Waals surface area contributed by atoms with E-state index in [0.717, 1.165) is 0 Å². The van der Waals surface area contributed by atoms with Gasteiger partial charge in [0.1, 0.15) is 17.8 Å². The van der Waals surface area contributed by atoms with Gasteiger partial charge in [0.15, 0.2) is 5.82 Å². The molecule has 0 aliphatic carbocycles. The van der Waals surface area contributed by atoms with Crippen molar-refractivity contribution in [3.05, 3.63) is 34.5 Å². The van der Waals surface area contributed by atoms with Crippen LogP contribution in [-0.4, -0.2) is 32.5 Å². The second kappa shape index (κ2) is 5.91. The number of ether oxygens (including phenoxy) is 1. The lowest BCUT2D eigenvalue weighted by Crippen LogP contribution is -2.22. The molecule has 2 rings (SSSR count). The molecule has 0 aromatic carbocycles. The Kier molecular flexibility index (Phi) is 4.04. The molecule has 0 atom stereocenters. The zero-order chi connectivity index (χ0) is 14.5. The number of nitrogens with one attached hydrogen (secondary N) is 1. The molecule has 0 aliphatic rings. The van der Waals surface area contributed by atoms with Gasteiger partial charge in [0.25, 0.3) is 5.56 Å². The Hall–Kier alpha value is -2.77. The van der Waals surface area contributed by atoms with Gasteiger partial charge in [-0.3, -0.25) is 9.59 Å². The average molecular weight is 275 g/mol. The lowest BCUT2D eigenvalue weighted by Gasteiger charge is -2.06. The van der Waals surface area contributed by atoms with Crippen LogP contribution < -0.4 is 11.3 Å². The second-order valence-electron chi connectivity index (χ2n) is 3.85. The highest BCUT2D eigenvalue weighted by atomic mass is 16.5. The molecule has 0 radical (unpaired) electrons. The molecule has 8 nitrogen and oxygen atoms in total. The van der Waals surface area contributed by atoms with E-state index in [0.29, 0.717) is 5.69 Å². The zero-order valence-electron chi connectivity index (χ0n) is 10.8. The molecule has 0 spiro atoms. The summed E-state index contributed by atoms with van der Waals surface area (Å²) in [6.45, 7) is 1.92. The Morgan fingerprint density at radius 2 is 2.30 bits per heavy atom. The van der Waals surface area contributed by atoms with Crippen molar-refractivity contribution in [2.45, 2.75) is 13.3 Å². The first-order valence-corrected chi connectivity index (χ1v) is 5.92. The van der Waals surface area contributed by atoms with Crippen molar-refractivity contribution in [2.24, 2.45) is 0 Å². The van der Waals surface area contributed by atoms with Crippen molar-refractivity contribution in [1.29, 1.82) is 0 Å². The highest BCUT2D eigenvalue weighted by Gasteiger charge is 2.15. The number of nitrogens with two attached hydrogens (primary N) is 1. The third-order valence-corrected chi connectivity index (χ3v) is 2.50. The number of carbonyl (C=O) groups is 1. The summed E-state index contributed by atoms with van der Waals surface area (Å²) in [6.07, 6.45) is 2.63. The predicted octanol–water partition coefficient (Wildman–Crippen LogP) is -0.0853. The maximum atomic E-state index is 11.9. The van der Waals surface area contributed by atoms with E-state index < -0.39 is 11.5 Å². The molecule has 2 aromatic rings. The van der Waals surface area contributed by atoms with Gasteiger partial charge in [0.05, 0.1) is 18.6 Å². The van der Waals surface area contributed by atoms with Gasteiger partial charge in [0.2, 0.25) is 0 Å². The van der Waals surface area contributed by atoms with Crippen molar-refractivity contribution in [3.63, 3.8) is 0 Å². The number of hydrogen-bond acceptors (Lipinski definition) is 7. The van der Waals surface area contributed by atoms with E-state index in [1.807, 2.05) is 0 Å². The highest BCUT2D eigenvalue weighted by molar-refractivity contribution is 5.74. The first-order valence-electron chi connectivity index (χ1n) is 5.92. The standard InChI is InChI=1S/C12H13N5O3/c1-2-20-9(18)5-7-10(13)16-11(17-12(7)19)8-3-4-14-6-15-8/h3-4,6H,2,5H2,1H3,(H3,13,16,17,19). The molecule has 0 fully saturated rings. The Morgan fingerprint density at radius 3 is 2.90 bits per heavy atom. The van der Waals surface area contributed by atoms with Crippen LogP contribution in [0, 0.1) is 0 Å². The van der Waals surface area contributed by atoms with E-state index in [1.165, 1.54) is 12.5 Å². The first-order chi connectivity index (χ1) is 9.61. The van der Waals surface area contributed by atoms with E-state index in [1.54, 1.807) is 13.0 Å². The second-order valence-corrected chi connectivity index (χ2v) is 3.85. The van der Waals surface area contributed by atoms with Crippen LogP contribution in [0.1, 0.15) is 12.5 Å². The Bertz CT molecular complexity index is 669. The fraction of sp³-hybridized carbons (Fsp3) is 0.250. The lowest BCUT2D eigenvalue weighted by atomic mass is 10.2. The first kappa shape index (κ1) is 13.7. The number of aromatic amines is 1. The van der Waals surface area contributed by atoms with Gasteiger partial charge in [-0.05, 0) is 13.0 Å². The number of carbonyl (C=O) groups excluding carboxylic acids is 1. The van der Waals surface area contributed by atoms with Crippen molar-refractivity contribution in [2.75, 3.05) is 12.3 Å². The van der Waals surface area contributed by atoms with E-state index >= 15 is 0 Å². The third-order valence-electron chi connectivity index (χ3n) is 2.50. The van der Waals surface area contributed by atoms with Crippen LogP contribution in [0.3, 0.4) is 0 Å². The van der Waals surface area contributed by atoms with Gasteiger partial charge >= 0.3 is 5.97 Å². The molecule has 2 aromatic heterocycles. The molecule has 0 bridgehead atoms. The Morgan fingerprint density at radius 1 is 1.50 bits per heavy atom. The van der Waals surface area contributed by atoms with Crippen LogP contribution in [-0.2, 0) is 16.0 Å². The van der Waals surface area contributed by atoms with Crippen LogP contribution >= 0.6 is 0 Å². The van der Waals surface area contributed by atoms with Crippen LogP contribution in [0.15, 0.2) is 23.4 Å². The number of aromatic nitrogens is 4. The summed E-state index contributed by atoms with van der Waals surface area (Å²) in [5, 5.41) is 0. The molecule has 0 saturated heterocycles. The van der Waals surface area contributed by atoms with Crippen LogP contribution in [0.25, 0.3) is 11.5 Å². The van der Waals surface area contributed by atoms with Crippen molar-refractivity contribution in [1.82, 2.24) is 19.9 Å². The van der Waals surface area contributed by atoms with Gasteiger partial charge < -0.3 is 15.5 Å². The molecule has 3 N–H and O–H groups in total. The normalized spacial score (nSPS) is 10.2. The summed E-state index contributed by atoms with van der Waals surface area (Å²) in [6, 6.07) is 1.59. The lowest BCUT2D eigenvalue weighted by molar-refractivity contribution is -0.142. The minimum Gasteiger partial charge on any atom is -0.466 e. The molecular formula is C12H13N5O3. The summed E-state index contributed by atoms with van der Waals surface area (Å²) >= 11 is 0. The number of H-pyrrole nitrogens is 1. The van der Waals surface area contributed by atoms with Gasteiger partial charge in [-0.15, -0.1) is 0 Å². The van der Waals surface area contributed by atoms with Gasteiger partial charge in [-0.25, -0.2) is 15.0 Å². The molecular weight excluding hydrogens is 262 g/mol. The van der Waals surface area contributed by atoms with Crippen LogP contribution in [0.4, 0.5) is 5.82 Å². The minimum atomic E-state index is -0.527. The fourth-order valence-corrected chi connectivity index (χ4v) is 1.59. The quantitative estimate of drug-likeness (QED) is 0.747. The average Bonchev–Trinajstić information content (AvgIpc) is 2.44. The largest absolute Gasteiger partial charge is 0.466 e. The number of anilines is 1. The monoisotopic (exact) mass is 275 g/mol. The van der Waals surface area contributed by atoms with Gasteiger partial charge in [-0.2, -0.15) is 0 Å². The Labute approximate surface area is 114 Å². The molecule has 0 aliphatic heterocycles. The van der Waals surface area contributed by atoms with Gasteiger partial charge in [0, 0.05) is 6.20 Å². The summed E-state index contributed by atoms with van der Waals surface area (Å²) in [4.78, 5) is 37.6. The molecule has 0 amide bonds. The van der Waals surface area contributed by atoms with Crippen molar-refractivity contribution in [3.8, 4) is 11.5 Å². The molecule has 104 valence electrons. The predicted molar refractivity (Wildman–Crippen MR) is 70.6 cm³/mol. The molecule has 0 saturated carbocycles. The van der Waals surface area contributed by atoms with E-state index in [-0.39, 0.29) is 30.2 Å². The molecule has 8 heteroatoms. The summed E-state index contributed by atoms with van der Waals surface area (Å²) in [7, 11) is 0. The Balaban J connectivity index is 2.35. The van der Waals surface area contributed by atoms with E-state index in [9.17, 15) is 9.59 Å². The highest BCUT2D eigenvalue weighted by Crippen LogP contribution is 2.12. The van der Waals surface area contributed by atoms with Gasteiger partial charge in [-0.1, -0.05) is 0 Å². The van der Waals surface area contributed by atoms with Crippen molar-refractivity contribution < 1.29 is 9.53 Å². The number of hydrogen-bond donors (Lipinski definition) is 2. The topological polar surface area (TPSA) is 124 Å². The summed E-state index contributed by atoms with van der Waals surface area (Å²) < 4.78 is 4.78. The van der Waals surface area contributed by atoms with E-state index in [2.05, 4.69) is 19.9 Å². The van der Waals surface area contributed by atoms with Crippen LogP contribution in [0.5, 0.6) is 0 Å². The third kappa shape index (κ3) is 2.97. The fourth-order valence-electron chi connectivity index (χ4n) is 1.59. The number of nitrogen functional groups attached to an aromatic ring is 1. The number of nitrogens with zero attached hydrogens (tertiary/aromatic N) is 3. The SMILES string of the molecule is CCOC(=O)Cc1c(N)nc(-c2ccncn2)[nH]c1=O. The maximum Gasteiger partial charge on any atom is 0.310 e. The maximum absolute atomic E-state index is 11.9. The van der Waals surface area contributed by atoms with Crippen LogP contribution in [0.2, 0.25) is 0 Å². The summed E-state index contributed by atoms with van der Waals surface area (Å²) in [5.74, 6) is -0.320. The zero-order valence-corrected chi connectivity index (χ0v) is 10.8. The molecule has 20 heavy (non-hydrogen) atoms. The van der Waals surface area contributed by atoms with Crippen molar-refractivity contribution >= 4 is 11.8 Å². The number of esters is 1. The molecule has 0 unspecified atom stereocenters. The van der Waals surface area contributed by atoms with E-state index in [4.69, 9.17) is 10.5 Å². The smallest absolute Gasteiger partial charge is 0.310 e. The summed E-state index contributed by atoms with van der Waals surface area (Å²) in [5.41, 5.74) is 5.76.